The molecule has 0 saturated heterocycles. The first-order valence-electron chi connectivity index (χ1n) is 9.82. The van der Waals surface area contributed by atoms with E-state index in [0.717, 1.165) is 16.8 Å². The molecule has 1 amide bonds. The van der Waals surface area contributed by atoms with Crippen LogP contribution in [0.3, 0.4) is 0 Å². The lowest BCUT2D eigenvalue weighted by atomic mass is 9.98. The zero-order valence-corrected chi connectivity index (χ0v) is 17.5. The summed E-state index contributed by atoms with van der Waals surface area (Å²) < 4.78 is 29.0. The van der Waals surface area contributed by atoms with Crippen LogP contribution >= 0.6 is 0 Å². The molecule has 1 atom stereocenters. The van der Waals surface area contributed by atoms with Crippen LogP contribution < -0.4 is 9.62 Å². The van der Waals surface area contributed by atoms with Crippen LogP contribution in [0.4, 0.5) is 5.69 Å². The summed E-state index contributed by atoms with van der Waals surface area (Å²) in [5.74, 6) is 0.412. The van der Waals surface area contributed by atoms with Gasteiger partial charge in [0.1, 0.15) is 0 Å². The molecule has 0 aromatic heterocycles. The average Bonchev–Trinajstić information content (AvgIpc) is 3.10. The SMILES string of the molecule is CCC(=O)N1CCc2cc(S(=O)(=O)N[C@H](CC(C)C)c3ccccc3)ccc21. The number of carbonyl (C=O) groups excluding carboxylic acids is 1. The number of carbonyl (C=O) groups is 1. The van der Waals surface area contributed by atoms with Crippen molar-refractivity contribution in [2.24, 2.45) is 5.92 Å². The molecule has 2 aromatic rings. The molecule has 0 fully saturated rings. The van der Waals surface area contributed by atoms with E-state index in [1.165, 1.54) is 0 Å². The molecule has 1 N–H and O–H groups in total. The van der Waals surface area contributed by atoms with E-state index >= 15 is 0 Å². The number of benzene rings is 2. The van der Waals surface area contributed by atoms with Gasteiger partial charge >= 0.3 is 0 Å². The van der Waals surface area contributed by atoms with Gasteiger partial charge in [-0.05, 0) is 48.1 Å². The number of rotatable bonds is 7. The van der Waals surface area contributed by atoms with Gasteiger partial charge in [-0.15, -0.1) is 0 Å². The maximum atomic E-state index is 13.1. The van der Waals surface area contributed by atoms with Crippen molar-refractivity contribution < 1.29 is 13.2 Å². The Labute approximate surface area is 167 Å². The van der Waals surface area contributed by atoms with Gasteiger partial charge in [0.05, 0.1) is 4.90 Å². The number of sulfonamides is 1. The molecule has 0 bridgehead atoms. The van der Waals surface area contributed by atoms with Gasteiger partial charge in [0, 0.05) is 24.7 Å². The van der Waals surface area contributed by atoms with Crippen molar-refractivity contribution in [1.29, 1.82) is 0 Å². The lowest BCUT2D eigenvalue weighted by molar-refractivity contribution is -0.118. The molecule has 1 aliphatic heterocycles. The molecule has 28 heavy (non-hydrogen) atoms. The Morgan fingerprint density at radius 3 is 2.50 bits per heavy atom. The summed E-state index contributed by atoms with van der Waals surface area (Å²) in [5.41, 5.74) is 2.69. The standard InChI is InChI=1S/C22H28N2O3S/c1-4-22(25)24-13-12-18-15-19(10-11-21(18)24)28(26,27)23-20(14-16(2)3)17-8-6-5-7-9-17/h5-11,15-16,20,23H,4,12-14H2,1-3H3/t20-/m1/s1. The van der Waals surface area contributed by atoms with E-state index in [1.807, 2.05) is 37.3 Å². The number of nitrogens with one attached hydrogen (secondary N) is 1. The largest absolute Gasteiger partial charge is 0.312 e. The summed E-state index contributed by atoms with van der Waals surface area (Å²) in [6.07, 6.45) is 1.83. The van der Waals surface area contributed by atoms with Crippen molar-refractivity contribution >= 4 is 21.6 Å². The highest BCUT2D eigenvalue weighted by Gasteiger charge is 2.27. The fourth-order valence-corrected chi connectivity index (χ4v) is 4.95. The van der Waals surface area contributed by atoms with Crippen molar-refractivity contribution in [3.8, 4) is 0 Å². The summed E-state index contributed by atoms with van der Waals surface area (Å²) in [6.45, 7) is 6.61. The van der Waals surface area contributed by atoms with Crippen molar-refractivity contribution in [2.75, 3.05) is 11.4 Å². The third kappa shape index (κ3) is 4.45. The van der Waals surface area contributed by atoms with Crippen LogP contribution in [0.25, 0.3) is 0 Å². The molecule has 0 spiro atoms. The van der Waals surface area contributed by atoms with Crippen molar-refractivity contribution in [2.45, 2.75) is 51.0 Å². The smallest absolute Gasteiger partial charge is 0.241 e. The van der Waals surface area contributed by atoms with Gasteiger partial charge < -0.3 is 4.90 Å². The summed E-state index contributed by atoms with van der Waals surface area (Å²) >= 11 is 0. The summed E-state index contributed by atoms with van der Waals surface area (Å²) in [7, 11) is -3.67. The van der Waals surface area contributed by atoms with Gasteiger partial charge in [-0.1, -0.05) is 51.1 Å². The van der Waals surface area contributed by atoms with Crippen LogP contribution in [0.5, 0.6) is 0 Å². The summed E-state index contributed by atoms with van der Waals surface area (Å²) in [4.78, 5) is 14.1. The lowest BCUT2D eigenvalue weighted by Crippen LogP contribution is -2.30. The third-order valence-electron chi connectivity index (χ3n) is 5.07. The van der Waals surface area contributed by atoms with Crippen LogP contribution in [-0.4, -0.2) is 20.9 Å². The molecule has 0 radical (unpaired) electrons. The second kappa shape index (κ2) is 8.45. The highest BCUT2D eigenvalue weighted by atomic mass is 32.2. The van der Waals surface area contributed by atoms with Crippen LogP contribution in [0, 0.1) is 5.92 Å². The number of amides is 1. The zero-order valence-electron chi connectivity index (χ0n) is 16.7. The average molecular weight is 401 g/mol. The molecule has 0 aliphatic carbocycles. The van der Waals surface area contributed by atoms with Gasteiger partial charge in [-0.25, -0.2) is 13.1 Å². The lowest BCUT2D eigenvalue weighted by Gasteiger charge is -2.21. The van der Waals surface area contributed by atoms with Gasteiger partial charge in [0.2, 0.25) is 15.9 Å². The number of fused-ring (bicyclic) bond motifs is 1. The summed E-state index contributed by atoms with van der Waals surface area (Å²) in [5, 5.41) is 0. The Bertz CT molecular complexity index is 940. The summed E-state index contributed by atoms with van der Waals surface area (Å²) in [6, 6.07) is 14.4. The van der Waals surface area contributed by atoms with Crippen molar-refractivity contribution in [3.05, 3.63) is 59.7 Å². The van der Waals surface area contributed by atoms with Crippen molar-refractivity contribution in [3.63, 3.8) is 0 Å². The highest BCUT2D eigenvalue weighted by Crippen LogP contribution is 2.31. The maximum absolute atomic E-state index is 13.1. The molecule has 3 rings (SSSR count). The second-order valence-electron chi connectivity index (χ2n) is 7.65. The van der Waals surface area contributed by atoms with E-state index in [4.69, 9.17) is 0 Å². The first kappa shape index (κ1) is 20.6. The highest BCUT2D eigenvalue weighted by molar-refractivity contribution is 7.89. The first-order valence-corrected chi connectivity index (χ1v) is 11.3. The fourth-order valence-electron chi connectivity index (χ4n) is 3.66. The van der Waals surface area contributed by atoms with Gasteiger partial charge in [-0.3, -0.25) is 4.79 Å². The Hall–Kier alpha value is -2.18. The van der Waals surface area contributed by atoms with E-state index < -0.39 is 10.0 Å². The molecule has 6 heteroatoms. The molecular formula is C22H28N2O3S. The molecule has 1 heterocycles. The molecule has 0 saturated carbocycles. The van der Waals surface area contributed by atoms with Crippen molar-refractivity contribution in [1.82, 2.24) is 4.72 Å². The van der Waals surface area contributed by atoms with E-state index in [9.17, 15) is 13.2 Å². The van der Waals surface area contributed by atoms with E-state index in [0.29, 0.717) is 31.7 Å². The van der Waals surface area contributed by atoms with Crippen LogP contribution in [-0.2, 0) is 21.2 Å². The molecule has 0 unspecified atom stereocenters. The third-order valence-corrected chi connectivity index (χ3v) is 6.54. The number of anilines is 1. The Balaban J connectivity index is 1.87. The minimum absolute atomic E-state index is 0.0635. The minimum atomic E-state index is -3.67. The second-order valence-corrected chi connectivity index (χ2v) is 9.37. The van der Waals surface area contributed by atoms with Crippen LogP contribution in [0.1, 0.15) is 50.8 Å². The number of hydrogen-bond acceptors (Lipinski definition) is 3. The molecule has 2 aromatic carbocycles. The first-order chi connectivity index (χ1) is 13.3. The van der Waals surface area contributed by atoms with Gasteiger partial charge in [0.25, 0.3) is 0 Å². The van der Waals surface area contributed by atoms with E-state index in [-0.39, 0.29) is 16.8 Å². The predicted octanol–water partition coefficient (Wildman–Crippen LogP) is 4.05. The molecular weight excluding hydrogens is 372 g/mol. The molecule has 150 valence electrons. The van der Waals surface area contributed by atoms with E-state index in [2.05, 4.69) is 18.6 Å². The zero-order chi connectivity index (χ0) is 20.3. The quantitative estimate of drug-likeness (QED) is 0.762. The Kier molecular flexibility index (Phi) is 6.20. The topological polar surface area (TPSA) is 66.5 Å². The fraction of sp³-hybridized carbons (Fsp3) is 0.409. The van der Waals surface area contributed by atoms with Gasteiger partial charge in [-0.2, -0.15) is 0 Å². The molecule has 5 nitrogen and oxygen atoms in total. The van der Waals surface area contributed by atoms with Gasteiger partial charge in [0.15, 0.2) is 0 Å². The minimum Gasteiger partial charge on any atom is -0.312 e. The Morgan fingerprint density at radius 1 is 1.14 bits per heavy atom. The maximum Gasteiger partial charge on any atom is 0.241 e. The Morgan fingerprint density at radius 2 is 1.86 bits per heavy atom. The predicted molar refractivity (Wildman–Crippen MR) is 112 cm³/mol. The van der Waals surface area contributed by atoms with Crippen LogP contribution in [0.15, 0.2) is 53.4 Å². The number of hydrogen-bond donors (Lipinski definition) is 1. The monoisotopic (exact) mass is 400 g/mol. The number of nitrogens with zero attached hydrogens (tertiary/aromatic N) is 1. The van der Waals surface area contributed by atoms with Crippen LogP contribution in [0.2, 0.25) is 0 Å². The normalized spacial score (nSPS) is 14.9. The van der Waals surface area contributed by atoms with E-state index in [1.54, 1.807) is 23.1 Å². The molecule has 1 aliphatic rings.